The smallest absolute Gasteiger partial charge is 0.344 e. The first-order chi connectivity index (χ1) is 21.3. The number of aromatic nitrogens is 1. The van der Waals surface area contributed by atoms with E-state index in [0.29, 0.717) is 32.1 Å². The van der Waals surface area contributed by atoms with Crippen LogP contribution in [-0.4, -0.2) is 50.5 Å². The zero-order chi connectivity index (χ0) is 31.4. The van der Waals surface area contributed by atoms with Gasteiger partial charge in [0.05, 0.1) is 49.3 Å². The highest BCUT2D eigenvalue weighted by Crippen LogP contribution is 2.36. The van der Waals surface area contributed by atoms with E-state index in [1.54, 1.807) is 46.1 Å². The van der Waals surface area contributed by atoms with Gasteiger partial charge in [0, 0.05) is 5.39 Å². The van der Waals surface area contributed by atoms with Gasteiger partial charge in [-0.15, -0.1) is 0 Å². The molecule has 1 aliphatic rings. The first-order valence-corrected chi connectivity index (χ1v) is 14.8. The number of carbonyl (C=O) groups is 2. The third-order valence-corrected chi connectivity index (χ3v) is 8.08. The van der Waals surface area contributed by atoms with Crippen LogP contribution in [0.4, 0.5) is 0 Å². The standard InChI is InChI=1S/C33H32N2O8S/c1-6-41-28(36)18-43-25-15-13-21(16-26(25)40-5)30-29(32(38)42-7-2)19(3)34-33-35(30)31(37)27(44-33)17-20-12-14-24(39-4)23-11-9-8-10-22(20)23/h8-17,30H,6-7,18H2,1-5H3. The Kier molecular flexibility index (Phi) is 9.15. The van der Waals surface area contributed by atoms with Gasteiger partial charge in [-0.2, -0.15) is 0 Å². The summed E-state index contributed by atoms with van der Waals surface area (Å²) in [7, 11) is 3.09. The number of thiazole rings is 1. The van der Waals surface area contributed by atoms with E-state index < -0.39 is 18.0 Å². The number of rotatable bonds is 10. The molecule has 0 spiro atoms. The van der Waals surface area contributed by atoms with Gasteiger partial charge in [-0.1, -0.05) is 47.7 Å². The number of allylic oxidation sites excluding steroid dienone is 1. The van der Waals surface area contributed by atoms with Crippen LogP contribution in [0.25, 0.3) is 16.8 Å². The molecule has 4 aromatic rings. The van der Waals surface area contributed by atoms with Gasteiger partial charge in [-0.25, -0.2) is 14.6 Å². The lowest BCUT2D eigenvalue weighted by Gasteiger charge is -2.25. The molecule has 0 radical (unpaired) electrons. The summed E-state index contributed by atoms with van der Waals surface area (Å²) in [4.78, 5) is 44.4. The van der Waals surface area contributed by atoms with Crippen molar-refractivity contribution in [2.45, 2.75) is 26.8 Å². The zero-order valence-electron chi connectivity index (χ0n) is 25.0. The maximum atomic E-state index is 14.1. The number of benzene rings is 3. The third-order valence-electron chi connectivity index (χ3n) is 7.10. The summed E-state index contributed by atoms with van der Waals surface area (Å²) in [5.74, 6) is 0.268. The SMILES string of the molecule is CCOC(=O)COc1ccc(C2C(C(=O)OCC)=C(C)N=c3sc(=Cc4ccc(OC)c5ccccc45)c(=O)n32)cc1OC. The third kappa shape index (κ3) is 5.83. The monoisotopic (exact) mass is 616 g/mol. The molecule has 2 heterocycles. The molecule has 1 atom stereocenters. The van der Waals surface area contributed by atoms with Gasteiger partial charge in [0.2, 0.25) is 0 Å². The molecule has 11 heteroatoms. The zero-order valence-corrected chi connectivity index (χ0v) is 25.9. The van der Waals surface area contributed by atoms with Gasteiger partial charge in [-0.3, -0.25) is 9.36 Å². The predicted molar refractivity (Wildman–Crippen MR) is 166 cm³/mol. The average molecular weight is 617 g/mol. The fourth-order valence-corrected chi connectivity index (χ4v) is 6.20. The highest BCUT2D eigenvalue weighted by atomic mass is 32.1. The number of hydrogen-bond acceptors (Lipinski definition) is 10. The molecule has 44 heavy (non-hydrogen) atoms. The molecule has 0 N–H and O–H groups in total. The molecule has 0 saturated heterocycles. The summed E-state index contributed by atoms with van der Waals surface area (Å²) in [5.41, 5.74) is 1.79. The Morgan fingerprint density at radius 1 is 0.932 bits per heavy atom. The van der Waals surface area contributed by atoms with Crippen LogP contribution in [0, 0.1) is 0 Å². The molecule has 0 fully saturated rings. The molecule has 5 rings (SSSR count). The Labute approximate surface area is 257 Å². The van der Waals surface area contributed by atoms with Crippen molar-refractivity contribution in [3.05, 3.63) is 96.7 Å². The number of ether oxygens (including phenoxy) is 5. The largest absolute Gasteiger partial charge is 0.496 e. The fourth-order valence-electron chi connectivity index (χ4n) is 5.16. The van der Waals surface area contributed by atoms with E-state index in [9.17, 15) is 14.4 Å². The van der Waals surface area contributed by atoms with E-state index in [2.05, 4.69) is 4.99 Å². The van der Waals surface area contributed by atoms with Gasteiger partial charge < -0.3 is 23.7 Å². The van der Waals surface area contributed by atoms with Gasteiger partial charge >= 0.3 is 11.9 Å². The van der Waals surface area contributed by atoms with E-state index >= 15 is 0 Å². The van der Waals surface area contributed by atoms with Gasteiger partial charge in [0.15, 0.2) is 22.9 Å². The number of hydrogen-bond donors (Lipinski definition) is 0. The molecule has 3 aromatic carbocycles. The normalized spacial score (nSPS) is 14.6. The Morgan fingerprint density at radius 3 is 2.34 bits per heavy atom. The summed E-state index contributed by atoms with van der Waals surface area (Å²) < 4.78 is 29.0. The van der Waals surface area contributed by atoms with E-state index in [-0.39, 0.29) is 31.0 Å². The van der Waals surface area contributed by atoms with Crippen molar-refractivity contribution in [1.82, 2.24) is 4.57 Å². The van der Waals surface area contributed by atoms with Crippen molar-refractivity contribution in [2.75, 3.05) is 34.0 Å². The molecular weight excluding hydrogens is 584 g/mol. The Hall–Kier alpha value is -4.90. The quantitative estimate of drug-likeness (QED) is 0.247. The highest BCUT2D eigenvalue weighted by molar-refractivity contribution is 7.07. The predicted octanol–water partition coefficient (Wildman–Crippen LogP) is 3.91. The fraction of sp³-hybridized carbons (Fsp3) is 0.273. The second-order valence-electron chi connectivity index (χ2n) is 9.71. The van der Waals surface area contributed by atoms with E-state index in [0.717, 1.165) is 22.1 Å². The van der Waals surface area contributed by atoms with Crippen LogP contribution in [-0.2, 0) is 19.1 Å². The van der Waals surface area contributed by atoms with Crippen LogP contribution in [0.5, 0.6) is 17.2 Å². The number of esters is 2. The van der Waals surface area contributed by atoms with Crippen molar-refractivity contribution in [2.24, 2.45) is 4.99 Å². The first kappa shape index (κ1) is 30.6. The molecule has 0 aliphatic carbocycles. The van der Waals surface area contributed by atoms with Crippen LogP contribution < -0.4 is 29.1 Å². The molecule has 1 unspecified atom stereocenters. The molecule has 10 nitrogen and oxygen atoms in total. The lowest BCUT2D eigenvalue weighted by Crippen LogP contribution is -2.40. The van der Waals surface area contributed by atoms with E-state index in [1.807, 2.05) is 42.5 Å². The van der Waals surface area contributed by atoms with Crippen molar-refractivity contribution >= 4 is 40.1 Å². The molecule has 1 aliphatic heterocycles. The summed E-state index contributed by atoms with van der Waals surface area (Å²) >= 11 is 1.24. The molecular formula is C33H32N2O8S. The van der Waals surface area contributed by atoms with Crippen molar-refractivity contribution in [1.29, 1.82) is 0 Å². The van der Waals surface area contributed by atoms with E-state index in [4.69, 9.17) is 23.7 Å². The average Bonchev–Trinajstić information content (AvgIpc) is 3.33. The topological polar surface area (TPSA) is 115 Å². The maximum Gasteiger partial charge on any atom is 0.344 e. The minimum Gasteiger partial charge on any atom is -0.496 e. The molecule has 0 saturated carbocycles. The minimum absolute atomic E-state index is 0.154. The van der Waals surface area contributed by atoms with Crippen molar-refractivity contribution in [3.63, 3.8) is 0 Å². The van der Waals surface area contributed by atoms with E-state index in [1.165, 1.54) is 23.0 Å². The van der Waals surface area contributed by atoms with Crippen LogP contribution in [0.2, 0.25) is 0 Å². The second-order valence-corrected chi connectivity index (χ2v) is 10.7. The van der Waals surface area contributed by atoms with Crippen molar-refractivity contribution < 1.29 is 33.3 Å². The van der Waals surface area contributed by atoms with Crippen LogP contribution in [0.3, 0.4) is 0 Å². The highest BCUT2D eigenvalue weighted by Gasteiger charge is 2.34. The van der Waals surface area contributed by atoms with Gasteiger partial charge in [-0.05, 0) is 61.6 Å². The summed E-state index contributed by atoms with van der Waals surface area (Å²) in [6.45, 7) is 5.24. The molecule has 0 amide bonds. The number of fused-ring (bicyclic) bond motifs is 2. The number of methoxy groups -OCH3 is 2. The second kappa shape index (κ2) is 13.2. The van der Waals surface area contributed by atoms with Gasteiger partial charge in [0.1, 0.15) is 5.75 Å². The van der Waals surface area contributed by atoms with Crippen LogP contribution in [0.15, 0.2) is 75.7 Å². The summed E-state index contributed by atoms with van der Waals surface area (Å²) in [6.07, 6.45) is 1.83. The Balaban J connectivity index is 1.66. The first-order valence-electron chi connectivity index (χ1n) is 14.0. The molecule has 1 aromatic heterocycles. The van der Waals surface area contributed by atoms with Crippen LogP contribution >= 0.6 is 11.3 Å². The van der Waals surface area contributed by atoms with Gasteiger partial charge in [0.25, 0.3) is 5.56 Å². The molecule has 0 bridgehead atoms. The maximum absolute atomic E-state index is 14.1. The lowest BCUT2D eigenvalue weighted by atomic mass is 9.95. The van der Waals surface area contributed by atoms with Crippen LogP contribution in [0.1, 0.15) is 37.9 Å². The molecule has 228 valence electrons. The lowest BCUT2D eigenvalue weighted by molar-refractivity contribution is -0.145. The van der Waals surface area contributed by atoms with Crippen molar-refractivity contribution in [3.8, 4) is 17.2 Å². The minimum atomic E-state index is -0.854. The summed E-state index contributed by atoms with van der Waals surface area (Å²) in [6, 6.07) is 15.8. The number of carbonyl (C=O) groups excluding carboxylic acids is 2. The summed E-state index contributed by atoms with van der Waals surface area (Å²) in [5, 5.41) is 1.85. The number of nitrogens with zero attached hydrogens (tertiary/aromatic N) is 2. The Bertz CT molecular complexity index is 1960. The Morgan fingerprint density at radius 2 is 1.64 bits per heavy atom.